The van der Waals surface area contributed by atoms with E-state index in [1.54, 1.807) is 41.5 Å². The van der Waals surface area contributed by atoms with Crippen molar-refractivity contribution < 1.29 is 13.9 Å². The first kappa shape index (κ1) is 17.7. The number of rotatable bonds is 7. The summed E-state index contributed by atoms with van der Waals surface area (Å²) < 4.78 is 20.8. The summed E-state index contributed by atoms with van der Waals surface area (Å²) in [5.74, 6) is 0.104. The van der Waals surface area contributed by atoms with Gasteiger partial charge in [0.15, 0.2) is 15.9 Å². The molecule has 3 aromatic rings. The Balaban J connectivity index is 1.45. The lowest BCUT2D eigenvalue weighted by atomic mass is 10.3. The average Bonchev–Trinajstić information content (AvgIpc) is 3.04. The van der Waals surface area contributed by atoms with E-state index in [9.17, 15) is 9.18 Å². The predicted octanol–water partition coefficient (Wildman–Crippen LogP) is 4.06. The fraction of sp³-hybridized carbons (Fsp3) is 0.222. The second-order valence-corrected chi connectivity index (χ2v) is 7.58. The van der Waals surface area contributed by atoms with Crippen molar-refractivity contribution in [2.75, 3.05) is 26.0 Å². The normalized spacial score (nSPS) is 10.8. The molecule has 0 radical (unpaired) electrons. The SMILES string of the molecule is CN(CCOc1ccccc1F)C(=O)CSc1nc2ccccc2s1. The number of carbonyl (C=O) groups is 1. The van der Waals surface area contributed by atoms with Crippen LogP contribution in [0.15, 0.2) is 52.9 Å². The monoisotopic (exact) mass is 376 g/mol. The highest BCUT2D eigenvalue weighted by molar-refractivity contribution is 8.01. The summed E-state index contributed by atoms with van der Waals surface area (Å²) in [6, 6.07) is 14.1. The molecule has 0 saturated carbocycles. The fourth-order valence-corrected chi connectivity index (χ4v) is 4.13. The number of hydrogen-bond acceptors (Lipinski definition) is 5. The van der Waals surface area contributed by atoms with Gasteiger partial charge in [-0.25, -0.2) is 9.37 Å². The first-order valence-corrected chi connectivity index (χ1v) is 9.53. The van der Waals surface area contributed by atoms with Crippen LogP contribution in [0.1, 0.15) is 0 Å². The number of amides is 1. The molecule has 0 aliphatic carbocycles. The Morgan fingerprint density at radius 3 is 2.80 bits per heavy atom. The van der Waals surface area contributed by atoms with Gasteiger partial charge in [-0.15, -0.1) is 11.3 Å². The fourth-order valence-electron chi connectivity index (χ4n) is 2.13. The molecule has 0 spiro atoms. The Morgan fingerprint density at radius 1 is 1.24 bits per heavy atom. The van der Waals surface area contributed by atoms with Crippen molar-refractivity contribution >= 4 is 39.2 Å². The van der Waals surface area contributed by atoms with Gasteiger partial charge in [0.2, 0.25) is 5.91 Å². The molecule has 0 bridgehead atoms. The molecule has 0 N–H and O–H groups in total. The van der Waals surface area contributed by atoms with Gasteiger partial charge < -0.3 is 9.64 Å². The minimum atomic E-state index is -0.400. The number of aromatic nitrogens is 1. The number of carbonyl (C=O) groups excluding carboxylic acids is 1. The third-order valence-electron chi connectivity index (χ3n) is 3.54. The summed E-state index contributed by atoms with van der Waals surface area (Å²) >= 11 is 3.01. The second kappa shape index (κ2) is 8.31. The molecule has 3 rings (SSSR count). The molecule has 1 heterocycles. The van der Waals surface area contributed by atoms with Crippen molar-refractivity contribution in [3.05, 3.63) is 54.3 Å². The van der Waals surface area contributed by atoms with Crippen LogP contribution in [0.5, 0.6) is 5.75 Å². The summed E-state index contributed by atoms with van der Waals surface area (Å²) in [5, 5.41) is 0. The molecule has 2 aromatic carbocycles. The van der Waals surface area contributed by atoms with Crippen LogP contribution in [0.2, 0.25) is 0 Å². The van der Waals surface area contributed by atoms with Crippen LogP contribution in [0.25, 0.3) is 10.2 Å². The van der Waals surface area contributed by atoms with Crippen LogP contribution < -0.4 is 4.74 Å². The lowest BCUT2D eigenvalue weighted by molar-refractivity contribution is -0.127. The number of para-hydroxylation sites is 2. The number of fused-ring (bicyclic) bond motifs is 1. The molecule has 1 aromatic heterocycles. The number of thioether (sulfide) groups is 1. The van der Waals surface area contributed by atoms with Crippen LogP contribution in [0.4, 0.5) is 4.39 Å². The van der Waals surface area contributed by atoms with Crippen LogP contribution >= 0.6 is 23.1 Å². The van der Waals surface area contributed by atoms with Gasteiger partial charge in [-0.1, -0.05) is 36.0 Å². The molecular formula is C18H17FN2O2S2. The van der Waals surface area contributed by atoms with E-state index in [0.29, 0.717) is 12.3 Å². The van der Waals surface area contributed by atoms with Gasteiger partial charge in [0.25, 0.3) is 0 Å². The molecule has 130 valence electrons. The zero-order valence-corrected chi connectivity index (χ0v) is 15.3. The Morgan fingerprint density at radius 2 is 2.00 bits per heavy atom. The molecule has 25 heavy (non-hydrogen) atoms. The van der Waals surface area contributed by atoms with Gasteiger partial charge in [0.05, 0.1) is 22.5 Å². The van der Waals surface area contributed by atoms with Crippen LogP contribution in [0.3, 0.4) is 0 Å². The number of ether oxygens (including phenoxy) is 1. The topological polar surface area (TPSA) is 42.4 Å². The number of nitrogens with zero attached hydrogens (tertiary/aromatic N) is 2. The molecule has 0 unspecified atom stereocenters. The number of thiazole rings is 1. The first-order chi connectivity index (χ1) is 12.1. The molecule has 0 aliphatic rings. The molecule has 0 aliphatic heterocycles. The van der Waals surface area contributed by atoms with Gasteiger partial charge in [0.1, 0.15) is 6.61 Å². The van der Waals surface area contributed by atoms with Gasteiger partial charge in [-0.05, 0) is 24.3 Å². The number of halogens is 1. The highest BCUT2D eigenvalue weighted by Crippen LogP contribution is 2.29. The smallest absolute Gasteiger partial charge is 0.232 e. The third-order valence-corrected chi connectivity index (χ3v) is 5.70. The van der Waals surface area contributed by atoms with E-state index in [0.717, 1.165) is 14.6 Å². The standard InChI is InChI=1S/C18H17FN2O2S2/c1-21(10-11-23-15-8-4-2-6-13(15)19)17(22)12-24-18-20-14-7-3-5-9-16(14)25-18/h2-9H,10-12H2,1H3. The molecule has 0 saturated heterocycles. The summed E-state index contributed by atoms with van der Waals surface area (Å²) in [7, 11) is 1.71. The zero-order valence-electron chi connectivity index (χ0n) is 13.6. The zero-order chi connectivity index (χ0) is 17.6. The Kier molecular flexibility index (Phi) is 5.88. The van der Waals surface area contributed by atoms with Crippen LogP contribution in [0, 0.1) is 5.82 Å². The van der Waals surface area contributed by atoms with Gasteiger partial charge in [0, 0.05) is 7.05 Å². The summed E-state index contributed by atoms with van der Waals surface area (Å²) in [6.07, 6.45) is 0. The van der Waals surface area contributed by atoms with Crippen molar-refractivity contribution in [1.82, 2.24) is 9.88 Å². The van der Waals surface area contributed by atoms with E-state index < -0.39 is 5.82 Å². The Bertz CT molecular complexity index is 836. The number of hydrogen-bond donors (Lipinski definition) is 0. The van der Waals surface area contributed by atoms with E-state index in [1.807, 2.05) is 24.3 Å². The van der Waals surface area contributed by atoms with Crippen LogP contribution in [-0.2, 0) is 4.79 Å². The summed E-state index contributed by atoms with van der Waals surface area (Å²) in [4.78, 5) is 18.3. The minimum Gasteiger partial charge on any atom is -0.489 e. The van der Waals surface area contributed by atoms with Crippen molar-refractivity contribution in [2.45, 2.75) is 4.34 Å². The van der Waals surface area contributed by atoms with E-state index >= 15 is 0 Å². The second-order valence-electron chi connectivity index (χ2n) is 5.33. The summed E-state index contributed by atoms with van der Waals surface area (Å²) in [5.41, 5.74) is 0.953. The maximum absolute atomic E-state index is 13.5. The molecule has 4 nitrogen and oxygen atoms in total. The van der Waals surface area contributed by atoms with Gasteiger partial charge in [-0.3, -0.25) is 4.79 Å². The number of benzene rings is 2. The quantitative estimate of drug-likeness (QED) is 0.583. The molecule has 7 heteroatoms. The van der Waals surface area contributed by atoms with Crippen molar-refractivity contribution in [3.63, 3.8) is 0 Å². The Hall–Kier alpha value is -2.12. The van der Waals surface area contributed by atoms with E-state index in [2.05, 4.69) is 4.98 Å². The van der Waals surface area contributed by atoms with Gasteiger partial charge >= 0.3 is 0 Å². The van der Waals surface area contributed by atoms with Crippen molar-refractivity contribution in [3.8, 4) is 5.75 Å². The minimum absolute atomic E-state index is 0.0126. The van der Waals surface area contributed by atoms with E-state index in [-0.39, 0.29) is 18.3 Å². The lowest BCUT2D eigenvalue weighted by Crippen LogP contribution is -2.32. The van der Waals surface area contributed by atoms with Crippen molar-refractivity contribution in [2.24, 2.45) is 0 Å². The third kappa shape index (κ3) is 4.70. The lowest BCUT2D eigenvalue weighted by Gasteiger charge is -2.17. The van der Waals surface area contributed by atoms with Gasteiger partial charge in [-0.2, -0.15) is 0 Å². The van der Waals surface area contributed by atoms with E-state index in [4.69, 9.17) is 4.74 Å². The van der Waals surface area contributed by atoms with Crippen molar-refractivity contribution in [1.29, 1.82) is 0 Å². The highest BCUT2D eigenvalue weighted by atomic mass is 32.2. The predicted molar refractivity (Wildman–Crippen MR) is 99.9 cm³/mol. The van der Waals surface area contributed by atoms with E-state index in [1.165, 1.54) is 17.8 Å². The first-order valence-electron chi connectivity index (χ1n) is 7.73. The molecule has 1 amide bonds. The number of likely N-dealkylation sites (N-methyl/N-ethyl adjacent to an activating group) is 1. The van der Waals surface area contributed by atoms with Crippen LogP contribution in [-0.4, -0.2) is 41.7 Å². The maximum Gasteiger partial charge on any atom is 0.232 e. The maximum atomic E-state index is 13.5. The largest absolute Gasteiger partial charge is 0.489 e. The highest BCUT2D eigenvalue weighted by Gasteiger charge is 2.12. The molecule has 0 fully saturated rings. The summed E-state index contributed by atoms with van der Waals surface area (Å²) in [6.45, 7) is 0.641. The Labute approximate surface area is 153 Å². The average molecular weight is 376 g/mol. The molecular weight excluding hydrogens is 359 g/mol. The molecule has 0 atom stereocenters.